The predicted octanol–water partition coefficient (Wildman–Crippen LogP) is 3.99. The number of ether oxygens (including phenoxy) is 2. The molecule has 1 saturated heterocycles. The summed E-state index contributed by atoms with van der Waals surface area (Å²) in [6, 6.07) is 13.4. The molecule has 8 nitrogen and oxygen atoms in total. The molecule has 2 aliphatic rings. The molecule has 1 aromatic heterocycles. The molecule has 1 aliphatic heterocycles. The summed E-state index contributed by atoms with van der Waals surface area (Å²) in [5.41, 5.74) is 1.26. The lowest BCUT2D eigenvalue weighted by atomic mass is 10.0. The minimum absolute atomic E-state index is 0.0311. The number of hydrogen-bond acceptors (Lipinski definition) is 7. The molecule has 184 valence electrons. The molecular weight excluding hydrogens is 442 g/mol. The highest BCUT2D eigenvalue weighted by Crippen LogP contribution is 2.51. The quantitative estimate of drug-likeness (QED) is 0.622. The molecule has 1 amide bonds. The fraction of sp³-hybridized carbons (Fsp3) is 0.481. The predicted molar refractivity (Wildman–Crippen MR) is 133 cm³/mol. The summed E-state index contributed by atoms with van der Waals surface area (Å²) in [5.74, 6) is 1.41. The molecule has 8 heteroatoms. The summed E-state index contributed by atoms with van der Waals surface area (Å²) in [7, 11) is 1.59. The van der Waals surface area contributed by atoms with Gasteiger partial charge in [-0.15, -0.1) is 0 Å². The number of rotatable bonds is 6. The Bertz CT molecular complexity index is 1100. The SMILES string of the molecule is CC.COc1ccc(C#N)c(C2(OCC(=O)N3CC(C)N(c4ccc(C#N)cn4)C(C)C3)CC2)c1. The maximum atomic E-state index is 13.0. The van der Waals surface area contributed by atoms with Gasteiger partial charge in [0.2, 0.25) is 5.91 Å². The number of benzene rings is 1. The Kier molecular flexibility index (Phi) is 8.32. The van der Waals surface area contributed by atoms with Crippen molar-refractivity contribution in [3.63, 3.8) is 0 Å². The van der Waals surface area contributed by atoms with Gasteiger partial charge >= 0.3 is 0 Å². The monoisotopic (exact) mass is 475 g/mol. The molecule has 4 rings (SSSR count). The van der Waals surface area contributed by atoms with Crippen LogP contribution in [0, 0.1) is 22.7 Å². The van der Waals surface area contributed by atoms with Crippen LogP contribution < -0.4 is 9.64 Å². The van der Waals surface area contributed by atoms with Gasteiger partial charge in [0.25, 0.3) is 0 Å². The van der Waals surface area contributed by atoms with Crippen molar-refractivity contribution in [3.8, 4) is 17.9 Å². The molecular formula is C27H33N5O3. The highest BCUT2D eigenvalue weighted by Gasteiger charge is 2.48. The number of carbonyl (C=O) groups is 1. The second-order valence-electron chi connectivity index (χ2n) is 8.73. The summed E-state index contributed by atoms with van der Waals surface area (Å²) in [6.07, 6.45) is 3.11. The molecule has 0 bridgehead atoms. The lowest BCUT2D eigenvalue weighted by molar-refractivity contribution is -0.140. The molecule has 2 aromatic rings. The van der Waals surface area contributed by atoms with Gasteiger partial charge in [0.15, 0.2) is 0 Å². The third-order valence-electron chi connectivity index (χ3n) is 6.43. The van der Waals surface area contributed by atoms with Gasteiger partial charge in [-0.1, -0.05) is 13.8 Å². The highest BCUT2D eigenvalue weighted by molar-refractivity contribution is 5.78. The first-order chi connectivity index (χ1) is 16.9. The largest absolute Gasteiger partial charge is 0.497 e. The second-order valence-corrected chi connectivity index (χ2v) is 8.73. The Morgan fingerprint density at radius 1 is 1.11 bits per heavy atom. The van der Waals surface area contributed by atoms with E-state index >= 15 is 0 Å². The number of hydrogen-bond donors (Lipinski definition) is 0. The van der Waals surface area contributed by atoms with Gasteiger partial charge in [-0.25, -0.2) is 4.98 Å². The molecule has 0 radical (unpaired) electrons. The number of methoxy groups -OCH3 is 1. The first-order valence-electron chi connectivity index (χ1n) is 12.1. The van der Waals surface area contributed by atoms with Crippen molar-refractivity contribution in [2.24, 2.45) is 0 Å². The summed E-state index contributed by atoms with van der Waals surface area (Å²) in [5, 5.41) is 18.5. The van der Waals surface area contributed by atoms with Crippen molar-refractivity contribution in [1.29, 1.82) is 10.5 Å². The van der Waals surface area contributed by atoms with Crippen LogP contribution in [0.3, 0.4) is 0 Å². The zero-order valence-corrected chi connectivity index (χ0v) is 21.1. The van der Waals surface area contributed by atoms with Crippen LogP contribution in [0.5, 0.6) is 5.75 Å². The van der Waals surface area contributed by atoms with E-state index < -0.39 is 5.60 Å². The number of pyridine rings is 1. The van der Waals surface area contributed by atoms with E-state index in [0.29, 0.717) is 30.0 Å². The third-order valence-corrected chi connectivity index (χ3v) is 6.43. The van der Waals surface area contributed by atoms with Crippen molar-refractivity contribution >= 4 is 11.7 Å². The number of anilines is 1. The number of nitrogens with zero attached hydrogens (tertiary/aromatic N) is 5. The molecule has 2 fully saturated rings. The molecule has 1 aliphatic carbocycles. The average Bonchev–Trinajstić information content (AvgIpc) is 3.69. The van der Waals surface area contributed by atoms with Gasteiger partial charge in [-0.3, -0.25) is 4.79 Å². The van der Waals surface area contributed by atoms with Crippen LogP contribution in [0.15, 0.2) is 36.5 Å². The lowest BCUT2D eigenvalue weighted by Gasteiger charge is -2.45. The van der Waals surface area contributed by atoms with Crippen molar-refractivity contribution < 1.29 is 14.3 Å². The molecule has 2 heterocycles. The van der Waals surface area contributed by atoms with E-state index in [1.165, 1.54) is 0 Å². The van der Waals surface area contributed by atoms with E-state index in [1.54, 1.807) is 31.5 Å². The number of amides is 1. The Labute approximate surface area is 207 Å². The van der Waals surface area contributed by atoms with Crippen molar-refractivity contribution in [2.45, 2.75) is 58.2 Å². The van der Waals surface area contributed by atoms with Gasteiger partial charge in [0.05, 0.1) is 29.9 Å². The number of carbonyl (C=O) groups excluding carboxylic acids is 1. The maximum Gasteiger partial charge on any atom is 0.248 e. The summed E-state index contributed by atoms with van der Waals surface area (Å²) >= 11 is 0. The van der Waals surface area contributed by atoms with Gasteiger partial charge in [-0.05, 0) is 57.0 Å². The highest BCUT2D eigenvalue weighted by atomic mass is 16.5. The van der Waals surface area contributed by atoms with Crippen molar-refractivity contribution in [3.05, 3.63) is 53.2 Å². The fourth-order valence-electron chi connectivity index (χ4n) is 4.60. The molecule has 2 unspecified atom stereocenters. The van der Waals surface area contributed by atoms with Gasteiger partial charge in [-0.2, -0.15) is 10.5 Å². The second kappa shape index (κ2) is 11.2. The van der Waals surface area contributed by atoms with Crippen LogP contribution in [-0.2, 0) is 15.1 Å². The Morgan fingerprint density at radius 2 is 1.80 bits per heavy atom. The Balaban J connectivity index is 0.00000167. The summed E-state index contributed by atoms with van der Waals surface area (Å²) in [6.45, 7) is 9.22. The molecule has 35 heavy (non-hydrogen) atoms. The van der Waals surface area contributed by atoms with E-state index in [4.69, 9.17) is 14.7 Å². The zero-order chi connectivity index (χ0) is 25.6. The van der Waals surface area contributed by atoms with Gasteiger partial charge in [0, 0.05) is 36.9 Å². The normalized spacial score (nSPS) is 20.1. The number of aromatic nitrogens is 1. The van der Waals surface area contributed by atoms with Crippen LogP contribution in [0.1, 0.15) is 57.2 Å². The van der Waals surface area contributed by atoms with Crippen LogP contribution in [0.2, 0.25) is 0 Å². The summed E-state index contributed by atoms with van der Waals surface area (Å²) in [4.78, 5) is 21.5. The van der Waals surface area contributed by atoms with E-state index in [1.807, 2.05) is 30.9 Å². The minimum atomic E-state index is -0.597. The maximum absolute atomic E-state index is 13.0. The van der Waals surface area contributed by atoms with E-state index in [9.17, 15) is 10.1 Å². The Hall–Kier alpha value is -3.62. The Morgan fingerprint density at radius 3 is 2.31 bits per heavy atom. The van der Waals surface area contributed by atoms with Crippen LogP contribution in [-0.4, -0.2) is 54.7 Å². The molecule has 2 atom stereocenters. The first-order valence-corrected chi connectivity index (χ1v) is 12.1. The zero-order valence-electron chi connectivity index (χ0n) is 21.1. The molecule has 1 aromatic carbocycles. The average molecular weight is 476 g/mol. The molecule has 0 spiro atoms. The molecule has 1 saturated carbocycles. The first kappa shape index (κ1) is 26.0. The minimum Gasteiger partial charge on any atom is -0.497 e. The van der Waals surface area contributed by atoms with Crippen LogP contribution >= 0.6 is 0 Å². The van der Waals surface area contributed by atoms with E-state index in [-0.39, 0.29) is 24.6 Å². The van der Waals surface area contributed by atoms with Crippen LogP contribution in [0.4, 0.5) is 5.82 Å². The fourth-order valence-corrected chi connectivity index (χ4v) is 4.60. The third kappa shape index (κ3) is 5.55. The van der Waals surface area contributed by atoms with E-state index in [0.717, 1.165) is 24.2 Å². The van der Waals surface area contributed by atoms with Crippen molar-refractivity contribution in [1.82, 2.24) is 9.88 Å². The van der Waals surface area contributed by atoms with Gasteiger partial charge in [0.1, 0.15) is 24.2 Å². The topological polar surface area (TPSA) is 102 Å². The number of nitriles is 2. The van der Waals surface area contributed by atoms with Crippen LogP contribution in [0.25, 0.3) is 0 Å². The summed E-state index contributed by atoms with van der Waals surface area (Å²) < 4.78 is 11.5. The lowest BCUT2D eigenvalue weighted by Crippen LogP contribution is -2.59. The smallest absolute Gasteiger partial charge is 0.248 e. The number of piperazine rings is 1. The van der Waals surface area contributed by atoms with E-state index in [2.05, 4.69) is 35.9 Å². The molecule has 0 N–H and O–H groups in total. The van der Waals surface area contributed by atoms with Gasteiger partial charge < -0.3 is 19.3 Å². The van der Waals surface area contributed by atoms with Crippen molar-refractivity contribution in [2.75, 3.05) is 31.7 Å². The standard InChI is InChI=1S/C25H27N5O3.C2H6/c1-17-14-29(15-18(2)30(17)23-7-4-19(11-26)13-28-23)24(31)16-33-25(8-9-25)22-10-21(32-3)6-5-20(22)12-27;1-2/h4-7,10,13,17-18H,8-9,14-16H2,1-3H3;1-2H3.